The lowest BCUT2D eigenvalue weighted by molar-refractivity contribution is 0.0242. The number of hydrazine groups is 2. The monoisotopic (exact) mass is 286 g/mol. The van der Waals surface area contributed by atoms with Gasteiger partial charge < -0.3 is 11.5 Å². The van der Waals surface area contributed by atoms with Crippen LogP contribution in [0.1, 0.15) is 27.7 Å². The number of nitrogens with two attached hydrogens (primary N) is 2. The van der Waals surface area contributed by atoms with Crippen LogP contribution in [0.2, 0.25) is 0 Å². The van der Waals surface area contributed by atoms with Crippen LogP contribution in [-0.2, 0) is 0 Å². The fraction of sp³-hybridized carbons (Fsp3) is 1.00. The third kappa shape index (κ3) is 4.95. The minimum absolute atomic E-state index is 0.340. The Morgan fingerprint density at radius 1 is 0.700 bits per heavy atom. The molecule has 0 amide bonds. The molecule has 0 aliphatic carbocycles. The van der Waals surface area contributed by atoms with Crippen LogP contribution in [0.3, 0.4) is 0 Å². The van der Waals surface area contributed by atoms with Crippen LogP contribution in [0.25, 0.3) is 0 Å². The fourth-order valence-electron chi connectivity index (χ4n) is 2.97. The zero-order valence-corrected chi connectivity index (χ0v) is 14.1. The molecule has 0 aromatic carbocycles. The van der Waals surface area contributed by atoms with Crippen molar-refractivity contribution in [2.75, 3.05) is 40.3 Å². The van der Waals surface area contributed by atoms with Crippen molar-refractivity contribution in [1.29, 1.82) is 0 Å². The predicted molar refractivity (Wildman–Crippen MR) is 84.9 cm³/mol. The average molecular weight is 286 g/mol. The first kappa shape index (κ1) is 17.8. The van der Waals surface area contributed by atoms with Crippen LogP contribution in [0.5, 0.6) is 0 Å². The Morgan fingerprint density at radius 2 is 1.00 bits per heavy atom. The van der Waals surface area contributed by atoms with E-state index in [4.69, 9.17) is 11.5 Å². The molecule has 2 atom stereocenters. The van der Waals surface area contributed by atoms with Gasteiger partial charge in [0.2, 0.25) is 0 Å². The minimum atomic E-state index is 0.340. The van der Waals surface area contributed by atoms with E-state index < -0.39 is 0 Å². The van der Waals surface area contributed by atoms with Gasteiger partial charge in [-0.15, -0.1) is 0 Å². The Morgan fingerprint density at radius 3 is 1.10 bits per heavy atom. The highest BCUT2D eigenvalue weighted by Crippen LogP contribution is 2.10. The summed E-state index contributed by atoms with van der Waals surface area (Å²) in [6, 6.07) is 1.84. The summed E-state index contributed by atoms with van der Waals surface area (Å²) in [5.74, 6) is 0. The molecule has 120 valence electrons. The molecule has 2 heterocycles. The van der Waals surface area contributed by atoms with Gasteiger partial charge in [0.25, 0.3) is 0 Å². The smallest absolute Gasteiger partial charge is 0.0325 e. The van der Waals surface area contributed by atoms with Gasteiger partial charge in [0.1, 0.15) is 0 Å². The van der Waals surface area contributed by atoms with Gasteiger partial charge in [-0.1, -0.05) is 0 Å². The predicted octanol–water partition coefficient (Wildman–Crippen LogP) is -0.231. The quantitative estimate of drug-likeness (QED) is 0.731. The molecule has 2 aliphatic rings. The molecule has 6 nitrogen and oxygen atoms in total. The van der Waals surface area contributed by atoms with Crippen molar-refractivity contribution in [3.05, 3.63) is 0 Å². The zero-order valence-electron chi connectivity index (χ0n) is 14.1. The second kappa shape index (κ2) is 7.68. The van der Waals surface area contributed by atoms with Gasteiger partial charge in [0.15, 0.2) is 0 Å². The SMILES string of the molecule is CC(C)N1CC(N)CN1C.CC(C)N1CC(N)CN1C. The van der Waals surface area contributed by atoms with E-state index in [1.165, 1.54) is 0 Å². The summed E-state index contributed by atoms with van der Waals surface area (Å²) in [7, 11) is 4.18. The summed E-state index contributed by atoms with van der Waals surface area (Å²) in [6.07, 6.45) is 0. The van der Waals surface area contributed by atoms with Gasteiger partial charge in [0, 0.05) is 64.4 Å². The Labute approximate surface area is 124 Å². The lowest BCUT2D eigenvalue weighted by Crippen LogP contribution is -2.38. The van der Waals surface area contributed by atoms with E-state index in [1.807, 2.05) is 0 Å². The maximum Gasteiger partial charge on any atom is 0.0325 e. The number of hydrogen-bond acceptors (Lipinski definition) is 6. The van der Waals surface area contributed by atoms with Crippen molar-refractivity contribution in [1.82, 2.24) is 20.0 Å². The first-order chi connectivity index (χ1) is 9.22. The molecule has 6 heteroatoms. The van der Waals surface area contributed by atoms with E-state index in [2.05, 4.69) is 61.8 Å². The maximum atomic E-state index is 5.77. The molecule has 2 unspecified atom stereocenters. The van der Waals surface area contributed by atoms with Crippen LogP contribution in [0.15, 0.2) is 0 Å². The Balaban J connectivity index is 0.000000200. The summed E-state index contributed by atoms with van der Waals surface area (Å²) in [5, 5.41) is 9.00. The van der Waals surface area contributed by atoms with E-state index in [-0.39, 0.29) is 0 Å². The van der Waals surface area contributed by atoms with Crippen LogP contribution in [0.4, 0.5) is 0 Å². The van der Waals surface area contributed by atoms with Crippen LogP contribution < -0.4 is 11.5 Å². The number of rotatable bonds is 2. The second-order valence-corrected chi connectivity index (χ2v) is 6.63. The minimum Gasteiger partial charge on any atom is -0.325 e. The molecule has 4 N–H and O–H groups in total. The topological polar surface area (TPSA) is 65.0 Å². The lowest BCUT2D eigenvalue weighted by Gasteiger charge is -2.27. The van der Waals surface area contributed by atoms with Crippen molar-refractivity contribution in [2.45, 2.75) is 51.9 Å². The van der Waals surface area contributed by atoms with E-state index in [0.717, 1.165) is 26.2 Å². The molecule has 0 radical (unpaired) electrons. The fourth-order valence-corrected chi connectivity index (χ4v) is 2.97. The number of likely N-dealkylation sites (N-methyl/N-ethyl adjacent to an activating group) is 2. The van der Waals surface area contributed by atoms with E-state index in [0.29, 0.717) is 24.2 Å². The first-order valence-electron chi connectivity index (χ1n) is 7.68. The molecule has 20 heavy (non-hydrogen) atoms. The molecular weight excluding hydrogens is 252 g/mol. The molecule has 0 spiro atoms. The van der Waals surface area contributed by atoms with Crippen molar-refractivity contribution in [3.8, 4) is 0 Å². The molecule has 2 fully saturated rings. The van der Waals surface area contributed by atoms with Gasteiger partial charge in [-0.05, 0) is 27.7 Å². The van der Waals surface area contributed by atoms with E-state index in [9.17, 15) is 0 Å². The molecule has 2 saturated heterocycles. The standard InChI is InChI=1S/2C7H17N3/c2*1-6(2)10-5-7(8)4-9(10)3/h2*6-7H,4-5,8H2,1-3H3. The largest absolute Gasteiger partial charge is 0.325 e. The number of nitrogens with zero attached hydrogens (tertiary/aromatic N) is 4. The highest BCUT2D eigenvalue weighted by Gasteiger charge is 2.26. The summed E-state index contributed by atoms with van der Waals surface area (Å²) >= 11 is 0. The third-order valence-corrected chi connectivity index (χ3v) is 3.91. The van der Waals surface area contributed by atoms with Crippen LogP contribution >= 0.6 is 0 Å². The molecule has 2 rings (SSSR count). The molecule has 0 bridgehead atoms. The molecule has 0 saturated carbocycles. The highest BCUT2D eigenvalue weighted by atomic mass is 15.7. The van der Waals surface area contributed by atoms with Gasteiger partial charge in [-0.25, -0.2) is 20.0 Å². The normalized spacial score (nSPS) is 30.3. The summed E-state index contributed by atoms with van der Waals surface area (Å²) < 4.78 is 0. The van der Waals surface area contributed by atoms with Crippen LogP contribution in [-0.4, -0.2) is 84.5 Å². The maximum absolute atomic E-state index is 5.77. The van der Waals surface area contributed by atoms with Crippen LogP contribution in [0, 0.1) is 0 Å². The van der Waals surface area contributed by atoms with Crippen molar-refractivity contribution in [2.24, 2.45) is 11.5 Å². The zero-order chi connectivity index (χ0) is 15.4. The van der Waals surface area contributed by atoms with Gasteiger partial charge in [-0.3, -0.25) is 0 Å². The second-order valence-electron chi connectivity index (χ2n) is 6.63. The molecule has 0 aromatic heterocycles. The first-order valence-corrected chi connectivity index (χ1v) is 7.68. The average Bonchev–Trinajstić information content (AvgIpc) is 2.82. The third-order valence-electron chi connectivity index (χ3n) is 3.91. The van der Waals surface area contributed by atoms with Gasteiger partial charge >= 0.3 is 0 Å². The summed E-state index contributed by atoms with van der Waals surface area (Å²) in [6.45, 7) is 12.8. The summed E-state index contributed by atoms with van der Waals surface area (Å²) in [4.78, 5) is 0. The summed E-state index contributed by atoms with van der Waals surface area (Å²) in [5.41, 5.74) is 11.5. The molecule has 2 aliphatic heterocycles. The number of hydrogen-bond donors (Lipinski definition) is 2. The molecule has 0 aromatic rings. The van der Waals surface area contributed by atoms with E-state index in [1.54, 1.807) is 0 Å². The molecular formula is C14H34N6. The van der Waals surface area contributed by atoms with Gasteiger partial charge in [0.05, 0.1) is 0 Å². The van der Waals surface area contributed by atoms with Gasteiger partial charge in [-0.2, -0.15) is 0 Å². The lowest BCUT2D eigenvalue weighted by atomic mass is 10.3. The van der Waals surface area contributed by atoms with Crippen molar-refractivity contribution >= 4 is 0 Å². The van der Waals surface area contributed by atoms with Crippen molar-refractivity contribution < 1.29 is 0 Å². The Hall–Kier alpha value is -0.240. The Bertz CT molecular complexity index is 255. The van der Waals surface area contributed by atoms with Crippen molar-refractivity contribution in [3.63, 3.8) is 0 Å². The van der Waals surface area contributed by atoms with E-state index >= 15 is 0 Å². The Kier molecular flexibility index (Phi) is 6.84. The highest BCUT2D eigenvalue weighted by molar-refractivity contribution is 4.79.